The molecule has 5 heterocycles. The fourth-order valence-electron chi connectivity index (χ4n) is 6.65. The smallest absolute Gasteiger partial charge is 0.253 e. The average Bonchev–Trinajstić information content (AvgIpc) is 3.35. The van der Waals surface area contributed by atoms with Crippen LogP contribution in [-0.2, 0) is 16.8 Å². The molecule has 3 aliphatic heterocycles. The molecule has 0 unspecified atom stereocenters. The molecule has 0 atom stereocenters. The van der Waals surface area contributed by atoms with Crippen molar-refractivity contribution in [3.63, 3.8) is 0 Å². The topological polar surface area (TPSA) is 94.3 Å². The largest absolute Gasteiger partial charge is 0.385 e. The van der Waals surface area contributed by atoms with Crippen LogP contribution in [0, 0.1) is 5.41 Å². The minimum absolute atomic E-state index is 0.0356. The van der Waals surface area contributed by atoms with E-state index in [1.165, 1.54) is 0 Å². The summed E-state index contributed by atoms with van der Waals surface area (Å²) in [6.07, 6.45) is 3.68. The second-order valence-corrected chi connectivity index (χ2v) is 12.6. The van der Waals surface area contributed by atoms with Crippen LogP contribution >= 0.6 is 11.6 Å². The molecular weight excluding hydrogens is 552 g/mol. The van der Waals surface area contributed by atoms with Gasteiger partial charge in [0, 0.05) is 74.8 Å². The Bertz CT molecular complexity index is 1650. The molecule has 0 bridgehead atoms. The SMILES string of the molecule is CC(=O)N1CC2(C1)CN(C(=O)c1ccc(Cc3nc4c(N5CCC(O)(c6ccc(Cl)cc6)CC5)cccn4n3)cc1)C2. The van der Waals surface area contributed by atoms with E-state index >= 15 is 0 Å². The number of anilines is 1. The van der Waals surface area contributed by atoms with Gasteiger partial charge in [0.1, 0.15) is 0 Å². The molecule has 4 aromatic rings. The Morgan fingerprint density at radius 3 is 2.26 bits per heavy atom. The molecule has 2 amide bonds. The molecule has 42 heavy (non-hydrogen) atoms. The highest BCUT2D eigenvalue weighted by Gasteiger charge is 2.53. The second kappa shape index (κ2) is 10.1. The summed E-state index contributed by atoms with van der Waals surface area (Å²) in [6, 6.07) is 19.2. The molecule has 2 aromatic heterocycles. The molecule has 0 aliphatic carbocycles. The Labute approximate surface area is 249 Å². The maximum atomic E-state index is 13.0. The van der Waals surface area contributed by atoms with Crippen molar-refractivity contribution < 1.29 is 14.7 Å². The summed E-state index contributed by atoms with van der Waals surface area (Å²) in [5.41, 5.74) is 3.62. The van der Waals surface area contributed by atoms with Crippen molar-refractivity contribution >= 4 is 34.7 Å². The summed E-state index contributed by atoms with van der Waals surface area (Å²) in [5.74, 6) is 0.848. The van der Waals surface area contributed by atoms with Crippen molar-refractivity contribution in [3.05, 3.63) is 94.4 Å². The monoisotopic (exact) mass is 584 g/mol. The van der Waals surface area contributed by atoms with Crippen molar-refractivity contribution in [2.24, 2.45) is 5.41 Å². The maximum absolute atomic E-state index is 13.0. The van der Waals surface area contributed by atoms with Crippen molar-refractivity contribution in [1.29, 1.82) is 0 Å². The van der Waals surface area contributed by atoms with Crippen molar-refractivity contribution in [2.45, 2.75) is 31.8 Å². The number of likely N-dealkylation sites (tertiary alicyclic amines) is 2. The van der Waals surface area contributed by atoms with Crippen molar-refractivity contribution in [2.75, 3.05) is 44.2 Å². The quantitative estimate of drug-likeness (QED) is 0.384. The van der Waals surface area contributed by atoms with Gasteiger partial charge in [0.2, 0.25) is 5.91 Å². The first-order valence-electron chi connectivity index (χ1n) is 14.4. The summed E-state index contributed by atoms with van der Waals surface area (Å²) >= 11 is 6.04. The Balaban J connectivity index is 0.993. The fraction of sp³-hybridized carbons (Fsp3) is 0.375. The van der Waals surface area contributed by atoms with E-state index in [4.69, 9.17) is 21.7 Å². The number of nitrogens with zero attached hydrogens (tertiary/aromatic N) is 6. The van der Waals surface area contributed by atoms with Crippen LogP contribution in [-0.4, -0.2) is 80.6 Å². The molecule has 3 aliphatic rings. The number of amides is 2. The Morgan fingerprint density at radius 1 is 0.929 bits per heavy atom. The molecule has 1 spiro atoms. The third-order valence-corrected chi connectivity index (χ3v) is 9.35. The molecular formula is C32H33ClN6O3. The summed E-state index contributed by atoms with van der Waals surface area (Å²) < 4.78 is 1.82. The zero-order valence-corrected chi connectivity index (χ0v) is 24.3. The second-order valence-electron chi connectivity index (χ2n) is 12.1. The van der Waals surface area contributed by atoms with Crippen LogP contribution in [0.2, 0.25) is 5.02 Å². The number of fused-ring (bicyclic) bond motifs is 1. The number of halogens is 1. The van der Waals surface area contributed by atoms with E-state index in [1.807, 2.05) is 75.1 Å². The van der Waals surface area contributed by atoms with E-state index in [2.05, 4.69) is 11.0 Å². The number of hydrogen-bond acceptors (Lipinski definition) is 6. The van der Waals surface area contributed by atoms with Crippen LogP contribution in [0.5, 0.6) is 0 Å². The zero-order valence-electron chi connectivity index (χ0n) is 23.5. The summed E-state index contributed by atoms with van der Waals surface area (Å²) in [4.78, 5) is 35.3. The highest BCUT2D eigenvalue weighted by molar-refractivity contribution is 6.30. The number of aliphatic hydroxyl groups is 1. The number of aromatic nitrogens is 3. The third kappa shape index (κ3) is 4.80. The van der Waals surface area contributed by atoms with Gasteiger partial charge in [-0.15, -0.1) is 0 Å². The highest BCUT2D eigenvalue weighted by atomic mass is 35.5. The lowest BCUT2D eigenvalue weighted by Gasteiger charge is -2.60. The van der Waals surface area contributed by atoms with E-state index in [9.17, 15) is 14.7 Å². The van der Waals surface area contributed by atoms with Gasteiger partial charge < -0.3 is 19.8 Å². The molecule has 0 radical (unpaired) electrons. The van der Waals surface area contributed by atoms with Gasteiger partial charge in [-0.1, -0.05) is 35.9 Å². The Morgan fingerprint density at radius 2 is 1.60 bits per heavy atom. The number of hydrogen-bond donors (Lipinski definition) is 1. The molecule has 0 saturated carbocycles. The van der Waals surface area contributed by atoms with E-state index in [0.29, 0.717) is 61.9 Å². The minimum atomic E-state index is -0.872. The number of benzene rings is 2. The minimum Gasteiger partial charge on any atom is -0.385 e. The number of pyridine rings is 1. The van der Waals surface area contributed by atoms with Gasteiger partial charge in [0.25, 0.3) is 5.91 Å². The zero-order chi connectivity index (χ0) is 29.1. The fourth-order valence-corrected chi connectivity index (χ4v) is 6.77. The molecule has 216 valence electrons. The van der Waals surface area contributed by atoms with E-state index in [0.717, 1.165) is 35.6 Å². The lowest BCUT2D eigenvalue weighted by molar-refractivity contribution is -0.152. The predicted octanol–water partition coefficient (Wildman–Crippen LogP) is 3.77. The van der Waals surface area contributed by atoms with Crippen LogP contribution in [0.4, 0.5) is 5.69 Å². The number of carbonyl (C=O) groups excluding carboxylic acids is 2. The van der Waals surface area contributed by atoms with E-state index in [-0.39, 0.29) is 17.2 Å². The van der Waals surface area contributed by atoms with Gasteiger partial charge >= 0.3 is 0 Å². The van der Waals surface area contributed by atoms with Crippen LogP contribution in [0.15, 0.2) is 66.9 Å². The van der Waals surface area contributed by atoms with Crippen LogP contribution in [0.25, 0.3) is 5.65 Å². The van der Waals surface area contributed by atoms with Gasteiger partial charge in [-0.2, -0.15) is 5.10 Å². The molecule has 3 fully saturated rings. The lowest BCUT2D eigenvalue weighted by atomic mass is 9.72. The van der Waals surface area contributed by atoms with E-state index in [1.54, 1.807) is 6.92 Å². The first kappa shape index (κ1) is 26.9. The maximum Gasteiger partial charge on any atom is 0.253 e. The lowest BCUT2D eigenvalue weighted by Crippen LogP contribution is -2.73. The van der Waals surface area contributed by atoms with E-state index < -0.39 is 5.60 Å². The van der Waals surface area contributed by atoms with Crippen LogP contribution in [0.3, 0.4) is 0 Å². The van der Waals surface area contributed by atoms with Gasteiger partial charge in [-0.3, -0.25) is 9.59 Å². The predicted molar refractivity (Wildman–Crippen MR) is 160 cm³/mol. The first-order valence-corrected chi connectivity index (χ1v) is 14.8. The van der Waals surface area contributed by atoms with Gasteiger partial charge in [0.05, 0.1) is 11.3 Å². The molecule has 3 saturated heterocycles. The van der Waals surface area contributed by atoms with Gasteiger partial charge in [-0.05, 0) is 60.4 Å². The number of carbonyl (C=O) groups is 2. The summed E-state index contributed by atoms with van der Waals surface area (Å²) in [5, 5.41) is 16.7. The van der Waals surface area contributed by atoms with Crippen molar-refractivity contribution in [1.82, 2.24) is 24.4 Å². The first-order chi connectivity index (χ1) is 20.2. The van der Waals surface area contributed by atoms with Gasteiger partial charge in [0.15, 0.2) is 11.5 Å². The third-order valence-electron chi connectivity index (χ3n) is 9.10. The van der Waals surface area contributed by atoms with Crippen molar-refractivity contribution in [3.8, 4) is 0 Å². The normalized spacial score (nSPS) is 19.1. The molecule has 10 heteroatoms. The Kier molecular flexibility index (Phi) is 6.47. The molecule has 1 N–H and O–H groups in total. The standard InChI is InChI=1S/C32H33ClN6O3/c1-22(40)37-18-31(19-37)20-38(21-31)30(41)24-6-4-23(5-7-24)17-28-34-29-27(3-2-14-39(29)35-28)36-15-12-32(42,13-16-36)25-8-10-26(33)11-9-25/h2-11,14,42H,12-13,15-21H2,1H3. The Hall–Kier alpha value is -3.95. The van der Waals surface area contributed by atoms with Crippen LogP contribution < -0.4 is 4.90 Å². The van der Waals surface area contributed by atoms with Crippen LogP contribution in [0.1, 0.15) is 47.1 Å². The molecule has 2 aromatic carbocycles. The molecule has 7 rings (SSSR count). The number of rotatable bonds is 5. The highest BCUT2D eigenvalue weighted by Crippen LogP contribution is 2.40. The number of piperidine rings is 1. The summed E-state index contributed by atoms with van der Waals surface area (Å²) in [7, 11) is 0. The van der Waals surface area contributed by atoms with Gasteiger partial charge in [-0.25, -0.2) is 9.50 Å². The summed E-state index contributed by atoms with van der Waals surface area (Å²) in [6.45, 7) is 5.91. The average molecular weight is 585 g/mol. The molecule has 9 nitrogen and oxygen atoms in total.